The van der Waals surface area contributed by atoms with E-state index >= 15 is 0 Å². The molecule has 1 aromatic heterocycles. The minimum absolute atomic E-state index is 0.0607. The summed E-state index contributed by atoms with van der Waals surface area (Å²) in [6.45, 7) is 3.82. The Kier molecular flexibility index (Phi) is 4.65. The molecule has 0 aliphatic carbocycles. The Bertz CT molecular complexity index is 680. The number of aromatic nitrogens is 2. The van der Waals surface area contributed by atoms with Gasteiger partial charge in [-0.2, -0.15) is 0 Å². The van der Waals surface area contributed by atoms with Gasteiger partial charge in [-0.15, -0.1) is 0 Å². The fourth-order valence-corrected chi connectivity index (χ4v) is 3.27. The van der Waals surface area contributed by atoms with Crippen molar-refractivity contribution in [2.24, 2.45) is 0 Å². The van der Waals surface area contributed by atoms with E-state index in [1.165, 1.54) is 0 Å². The topological polar surface area (TPSA) is 47.4 Å². The zero-order valence-electron chi connectivity index (χ0n) is 13.7. The molecule has 0 radical (unpaired) electrons. The first-order valence-corrected chi connectivity index (χ1v) is 8.16. The Morgan fingerprint density at radius 2 is 2.26 bits per heavy atom. The Labute approximate surface area is 136 Å². The van der Waals surface area contributed by atoms with E-state index < -0.39 is 0 Å². The summed E-state index contributed by atoms with van der Waals surface area (Å²) in [5.74, 6) is 1.94. The predicted molar refractivity (Wildman–Crippen MR) is 88.3 cm³/mol. The fraction of sp³-hybridized carbons (Fsp3) is 0.444. The second kappa shape index (κ2) is 6.86. The van der Waals surface area contributed by atoms with Crippen LogP contribution < -0.4 is 4.74 Å². The van der Waals surface area contributed by atoms with Crippen molar-refractivity contribution in [3.63, 3.8) is 0 Å². The van der Waals surface area contributed by atoms with E-state index in [0.717, 1.165) is 43.1 Å². The molecule has 0 saturated carbocycles. The van der Waals surface area contributed by atoms with Gasteiger partial charge in [-0.25, -0.2) is 4.98 Å². The second-order valence-electron chi connectivity index (χ2n) is 5.87. The number of benzene rings is 1. The molecule has 1 amide bonds. The summed E-state index contributed by atoms with van der Waals surface area (Å²) in [6, 6.07) is 7.78. The van der Waals surface area contributed by atoms with Gasteiger partial charge in [0.05, 0.1) is 19.6 Å². The van der Waals surface area contributed by atoms with Crippen molar-refractivity contribution >= 4 is 5.91 Å². The van der Waals surface area contributed by atoms with E-state index in [4.69, 9.17) is 4.74 Å². The molecule has 1 aliphatic rings. The number of carbonyl (C=O) groups is 1. The van der Waals surface area contributed by atoms with Gasteiger partial charge >= 0.3 is 0 Å². The number of ether oxygens (including phenoxy) is 1. The summed E-state index contributed by atoms with van der Waals surface area (Å²) in [6.07, 6.45) is 6.07. The third kappa shape index (κ3) is 3.23. The highest BCUT2D eigenvalue weighted by Gasteiger charge is 2.29. The van der Waals surface area contributed by atoms with Crippen molar-refractivity contribution in [3.05, 3.63) is 48.0 Å². The fourth-order valence-electron chi connectivity index (χ4n) is 3.27. The van der Waals surface area contributed by atoms with Crippen molar-refractivity contribution in [1.82, 2.24) is 14.5 Å². The largest absolute Gasteiger partial charge is 0.497 e. The Hall–Kier alpha value is -2.30. The summed E-state index contributed by atoms with van der Waals surface area (Å²) >= 11 is 0. The molecule has 0 fully saturated rings. The van der Waals surface area contributed by atoms with Gasteiger partial charge in [-0.3, -0.25) is 4.79 Å². The van der Waals surface area contributed by atoms with Crippen molar-refractivity contribution in [3.8, 4) is 5.75 Å². The molecule has 0 saturated heterocycles. The molecule has 3 rings (SSSR count). The molecule has 1 aromatic carbocycles. The summed E-state index contributed by atoms with van der Waals surface area (Å²) in [5, 5.41) is 0. The number of carbonyl (C=O) groups excluding carboxylic acids is 1. The van der Waals surface area contributed by atoms with E-state index in [9.17, 15) is 4.79 Å². The van der Waals surface area contributed by atoms with Crippen LogP contribution in [0, 0.1) is 0 Å². The van der Waals surface area contributed by atoms with Gasteiger partial charge in [-0.1, -0.05) is 19.1 Å². The van der Waals surface area contributed by atoms with E-state index in [-0.39, 0.29) is 11.9 Å². The number of hydrogen-bond acceptors (Lipinski definition) is 3. The molecular weight excluding hydrogens is 290 g/mol. The van der Waals surface area contributed by atoms with Crippen LogP contribution in [-0.4, -0.2) is 34.0 Å². The summed E-state index contributed by atoms with van der Waals surface area (Å²) < 4.78 is 7.42. The van der Waals surface area contributed by atoms with Crippen molar-refractivity contribution in [2.75, 3.05) is 13.7 Å². The van der Waals surface area contributed by atoms with E-state index in [1.807, 2.05) is 41.6 Å². The van der Waals surface area contributed by atoms with E-state index in [2.05, 4.69) is 16.5 Å². The van der Waals surface area contributed by atoms with Gasteiger partial charge in [0.15, 0.2) is 0 Å². The molecule has 23 heavy (non-hydrogen) atoms. The highest BCUT2D eigenvalue weighted by molar-refractivity contribution is 5.79. The molecule has 0 spiro atoms. The van der Waals surface area contributed by atoms with Gasteiger partial charge < -0.3 is 14.2 Å². The number of methoxy groups -OCH3 is 1. The summed E-state index contributed by atoms with van der Waals surface area (Å²) in [4.78, 5) is 19.3. The third-order valence-corrected chi connectivity index (χ3v) is 4.42. The predicted octanol–water partition coefficient (Wildman–Crippen LogP) is 2.82. The average molecular weight is 313 g/mol. The maximum Gasteiger partial charge on any atom is 0.227 e. The molecule has 0 bridgehead atoms. The van der Waals surface area contributed by atoms with Crippen LogP contribution in [0.3, 0.4) is 0 Å². The van der Waals surface area contributed by atoms with Crippen LogP contribution in [0.15, 0.2) is 36.7 Å². The molecule has 1 atom stereocenters. The minimum Gasteiger partial charge on any atom is -0.497 e. The van der Waals surface area contributed by atoms with Crippen LogP contribution in [0.25, 0.3) is 0 Å². The normalized spacial score (nSPS) is 17.5. The van der Waals surface area contributed by atoms with E-state index in [1.54, 1.807) is 7.11 Å². The zero-order valence-corrected chi connectivity index (χ0v) is 13.7. The quantitative estimate of drug-likeness (QED) is 0.872. The Balaban J connectivity index is 1.80. The minimum atomic E-state index is 0.0607. The number of imidazole rings is 1. The smallest absolute Gasteiger partial charge is 0.227 e. The molecule has 2 aromatic rings. The van der Waals surface area contributed by atoms with Crippen molar-refractivity contribution < 1.29 is 9.53 Å². The highest BCUT2D eigenvalue weighted by Crippen LogP contribution is 2.27. The van der Waals surface area contributed by atoms with Crippen LogP contribution in [0.5, 0.6) is 5.75 Å². The van der Waals surface area contributed by atoms with Crippen LogP contribution in [-0.2, 0) is 17.8 Å². The highest BCUT2D eigenvalue weighted by atomic mass is 16.5. The zero-order chi connectivity index (χ0) is 16.2. The summed E-state index contributed by atoms with van der Waals surface area (Å²) in [5.41, 5.74) is 0.983. The lowest BCUT2D eigenvalue weighted by Crippen LogP contribution is -2.36. The van der Waals surface area contributed by atoms with Gasteiger partial charge in [0.1, 0.15) is 11.6 Å². The average Bonchev–Trinajstić information content (AvgIpc) is 2.95. The molecule has 122 valence electrons. The number of amides is 1. The molecular formula is C18H23N3O2. The lowest BCUT2D eigenvalue weighted by atomic mass is 10.1. The second-order valence-corrected chi connectivity index (χ2v) is 5.87. The van der Waals surface area contributed by atoms with Gasteiger partial charge in [-0.05, 0) is 30.5 Å². The molecule has 5 nitrogen and oxygen atoms in total. The lowest BCUT2D eigenvalue weighted by Gasteiger charge is -2.28. The standard InChI is InChI=1S/C18H23N3O2/c1-3-16-18-19-8-11-20(18)9-5-10-21(16)17(22)13-14-6-4-7-15(12-14)23-2/h4,6-8,11-12,16H,3,5,9-10,13H2,1-2H3. The summed E-state index contributed by atoms with van der Waals surface area (Å²) in [7, 11) is 1.64. The number of nitrogens with zero attached hydrogens (tertiary/aromatic N) is 3. The number of hydrogen-bond donors (Lipinski definition) is 0. The van der Waals surface area contributed by atoms with Gasteiger partial charge in [0, 0.05) is 25.5 Å². The molecule has 5 heteroatoms. The van der Waals surface area contributed by atoms with Crippen molar-refractivity contribution in [1.29, 1.82) is 0 Å². The van der Waals surface area contributed by atoms with Crippen LogP contribution >= 0.6 is 0 Å². The molecule has 1 aliphatic heterocycles. The number of fused-ring (bicyclic) bond motifs is 1. The molecule has 2 heterocycles. The van der Waals surface area contributed by atoms with Crippen LogP contribution in [0.2, 0.25) is 0 Å². The van der Waals surface area contributed by atoms with E-state index in [0.29, 0.717) is 6.42 Å². The van der Waals surface area contributed by atoms with Crippen molar-refractivity contribution in [2.45, 2.75) is 38.8 Å². The molecule has 1 unspecified atom stereocenters. The number of rotatable bonds is 4. The number of aryl methyl sites for hydroxylation is 1. The Morgan fingerprint density at radius 1 is 1.39 bits per heavy atom. The maximum atomic E-state index is 12.9. The molecule has 0 N–H and O–H groups in total. The monoisotopic (exact) mass is 313 g/mol. The lowest BCUT2D eigenvalue weighted by molar-refractivity contribution is -0.133. The SMILES string of the molecule is CCC1c2nccn2CCCN1C(=O)Cc1cccc(OC)c1. The van der Waals surface area contributed by atoms with Gasteiger partial charge in [0.25, 0.3) is 0 Å². The van der Waals surface area contributed by atoms with Crippen LogP contribution in [0.1, 0.15) is 37.2 Å². The van der Waals surface area contributed by atoms with Gasteiger partial charge in [0.2, 0.25) is 5.91 Å². The maximum absolute atomic E-state index is 12.9. The first-order valence-electron chi connectivity index (χ1n) is 8.16. The first kappa shape index (κ1) is 15.6. The Morgan fingerprint density at radius 3 is 3.04 bits per heavy atom. The first-order chi connectivity index (χ1) is 11.2. The van der Waals surface area contributed by atoms with Crippen LogP contribution in [0.4, 0.5) is 0 Å². The third-order valence-electron chi connectivity index (χ3n) is 4.42.